The molecule has 1 aromatic heterocycles. The summed E-state index contributed by atoms with van der Waals surface area (Å²) in [6.07, 6.45) is 2.01. The normalized spacial score (nSPS) is 16.6. The number of aromatic amines is 1. The number of hydrogen-bond donors (Lipinski definition) is 2. The lowest BCUT2D eigenvalue weighted by Gasteiger charge is -2.31. The summed E-state index contributed by atoms with van der Waals surface area (Å²) in [7, 11) is 1.59. The summed E-state index contributed by atoms with van der Waals surface area (Å²) in [6, 6.07) is 25.0. The van der Waals surface area contributed by atoms with Crippen LogP contribution in [0.3, 0.4) is 0 Å². The number of fused-ring (bicyclic) bond motifs is 1. The molecule has 7 heteroatoms. The van der Waals surface area contributed by atoms with E-state index in [0.29, 0.717) is 41.5 Å². The summed E-state index contributed by atoms with van der Waals surface area (Å²) in [5, 5.41) is 6.60. The van der Waals surface area contributed by atoms with Gasteiger partial charge in [0, 0.05) is 23.6 Å². The third-order valence-electron chi connectivity index (χ3n) is 7.01. The molecule has 6 rings (SSSR count). The highest BCUT2D eigenvalue weighted by Gasteiger charge is 2.39. The van der Waals surface area contributed by atoms with Gasteiger partial charge >= 0.3 is 0 Å². The van der Waals surface area contributed by atoms with Crippen molar-refractivity contribution in [3.63, 3.8) is 0 Å². The fraction of sp³-hybridized carbons (Fsp3) is 0.200. The maximum atomic E-state index is 13.8. The van der Waals surface area contributed by atoms with Crippen LogP contribution in [0, 0.1) is 0 Å². The molecule has 1 aliphatic heterocycles. The van der Waals surface area contributed by atoms with E-state index in [-0.39, 0.29) is 11.3 Å². The Morgan fingerprint density at radius 1 is 0.919 bits per heavy atom. The molecule has 2 aliphatic rings. The summed E-state index contributed by atoms with van der Waals surface area (Å²) in [4.78, 5) is 27.0. The Labute approximate surface area is 214 Å². The highest BCUT2D eigenvalue weighted by Crippen LogP contribution is 2.45. The van der Waals surface area contributed by atoms with Gasteiger partial charge in [0.15, 0.2) is 17.3 Å². The van der Waals surface area contributed by atoms with Gasteiger partial charge in [-0.15, -0.1) is 0 Å². The van der Waals surface area contributed by atoms with E-state index in [9.17, 15) is 9.59 Å². The van der Waals surface area contributed by atoms with E-state index < -0.39 is 5.92 Å². The quantitative estimate of drug-likeness (QED) is 0.380. The van der Waals surface area contributed by atoms with Crippen molar-refractivity contribution in [1.29, 1.82) is 0 Å². The van der Waals surface area contributed by atoms with Gasteiger partial charge in [-0.25, -0.2) is 4.68 Å². The van der Waals surface area contributed by atoms with Gasteiger partial charge in [0.25, 0.3) is 5.56 Å². The van der Waals surface area contributed by atoms with Crippen molar-refractivity contribution in [2.24, 2.45) is 0 Å². The fourth-order valence-corrected chi connectivity index (χ4v) is 5.25. The van der Waals surface area contributed by atoms with Gasteiger partial charge in [0.2, 0.25) is 0 Å². The van der Waals surface area contributed by atoms with Crippen LogP contribution in [0.4, 0.5) is 5.82 Å². The Morgan fingerprint density at radius 3 is 2.43 bits per heavy atom. The number of para-hydroxylation sites is 1. The second-order valence-electron chi connectivity index (χ2n) is 9.29. The monoisotopic (exact) mass is 493 g/mol. The molecule has 3 aromatic carbocycles. The third kappa shape index (κ3) is 4.12. The van der Waals surface area contributed by atoms with E-state index in [2.05, 4.69) is 10.4 Å². The number of nitrogens with zero attached hydrogens (tertiary/aromatic N) is 1. The van der Waals surface area contributed by atoms with Crippen LogP contribution in [0.15, 0.2) is 94.9 Å². The minimum atomic E-state index is -0.509. The SMILES string of the molecule is COc1cc([C@@H]2C3=C(CCCC3=O)Nc3[nH]n(-c4ccccc4)c(=O)c32)ccc1OCc1ccccc1. The number of ketones is 1. The number of ether oxygens (including phenoxy) is 2. The molecule has 0 saturated heterocycles. The van der Waals surface area contributed by atoms with Gasteiger partial charge in [-0.2, -0.15) is 0 Å². The Bertz CT molecular complexity index is 1550. The number of aromatic nitrogens is 2. The first-order valence-corrected chi connectivity index (χ1v) is 12.4. The summed E-state index contributed by atoms with van der Waals surface area (Å²) >= 11 is 0. The molecule has 1 atom stereocenters. The van der Waals surface area contributed by atoms with Crippen LogP contribution in [0.1, 0.15) is 41.9 Å². The molecule has 7 nitrogen and oxygen atoms in total. The third-order valence-corrected chi connectivity index (χ3v) is 7.01. The highest BCUT2D eigenvalue weighted by atomic mass is 16.5. The van der Waals surface area contributed by atoms with Gasteiger partial charge in [0.1, 0.15) is 12.4 Å². The standard InChI is InChI=1S/C30H27N3O4/c1-36-25-17-20(15-16-24(25)37-18-19-9-4-2-5-10-19)26-27-22(13-8-14-23(27)34)31-29-28(26)30(35)33(32-29)21-11-6-3-7-12-21/h2-7,9-12,15-17,26,31-32H,8,13-14,18H2,1H3/t26-/m1/s1. The molecule has 1 aliphatic carbocycles. The number of H-pyrrole nitrogens is 1. The van der Waals surface area contributed by atoms with E-state index in [1.165, 1.54) is 4.68 Å². The molecule has 0 saturated carbocycles. The van der Waals surface area contributed by atoms with Crippen LogP contribution in [0.5, 0.6) is 11.5 Å². The molecular formula is C30H27N3O4. The Morgan fingerprint density at radius 2 is 1.68 bits per heavy atom. The molecule has 186 valence electrons. The van der Waals surface area contributed by atoms with E-state index in [4.69, 9.17) is 9.47 Å². The minimum absolute atomic E-state index is 0.0691. The van der Waals surface area contributed by atoms with E-state index >= 15 is 0 Å². The zero-order valence-corrected chi connectivity index (χ0v) is 20.5. The minimum Gasteiger partial charge on any atom is -0.493 e. The molecule has 0 fully saturated rings. The van der Waals surface area contributed by atoms with Crippen molar-refractivity contribution in [2.75, 3.05) is 12.4 Å². The van der Waals surface area contributed by atoms with Gasteiger partial charge in [0.05, 0.1) is 18.4 Å². The van der Waals surface area contributed by atoms with E-state index in [1.54, 1.807) is 7.11 Å². The van der Waals surface area contributed by atoms with E-state index in [1.807, 2.05) is 78.9 Å². The molecule has 0 amide bonds. The molecule has 0 unspecified atom stereocenters. The number of rotatable bonds is 6. The number of allylic oxidation sites excluding steroid dienone is 2. The lowest BCUT2D eigenvalue weighted by molar-refractivity contribution is -0.116. The highest BCUT2D eigenvalue weighted by molar-refractivity contribution is 6.01. The van der Waals surface area contributed by atoms with Crippen LogP contribution in [-0.4, -0.2) is 22.7 Å². The number of hydrogen-bond acceptors (Lipinski definition) is 5. The summed E-state index contributed by atoms with van der Waals surface area (Å²) < 4.78 is 13.3. The molecule has 0 spiro atoms. The molecule has 0 radical (unpaired) electrons. The first-order chi connectivity index (χ1) is 18.1. The fourth-order valence-electron chi connectivity index (χ4n) is 5.25. The number of benzene rings is 3. The predicted octanol–water partition coefficient (Wildman–Crippen LogP) is 5.32. The largest absolute Gasteiger partial charge is 0.493 e. The Kier molecular flexibility index (Phi) is 5.88. The topological polar surface area (TPSA) is 85.4 Å². The Balaban J connectivity index is 1.44. The van der Waals surface area contributed by atoms with Crippen LogP contribution < -0.4 is 20.3 Å². The number of methoxy groups -OCH3 is 1. The molecule has 4 aromatic rings. The maximum Gasteiger partial charge on any atom is 0.277 e. The van der Waals surface area contributed by atoms with Gasteiger partial charge in [-0.05, 0) is 48.2 Å². The molecule has 0 bridgehead atoms. The van der Waals surface area contributed by atoms with Crippen molar-refractivity contribution in [3.8, 4) is 17.2 Å². The summed E-state index contributed by atoms with van der Waals surface area (Å²) in [6.45, 7) is 0.404. The van der Waals surface area contributed by atoms with Gasteiger partial charge < -0.3 is 14.8 Å². The number of Topliss-reactive ketones (excluding diaryl/α,β-unsaturated/α-hetero) is 1. The second-order valence-corrected chi connectivity index (χ2v) is 9.29. The van der Waals surface area contributed by atoms with Crippen LogP contribution in [0.25, 0.3) is 5.69 Å². The average molecular weight is 494 g/mol. The van der Waals surface area contributed by atoms with Crippen molar-refractivity contribution >= 4 is 11.6 Å². The zero-order valence-electron chi connectivity index (χ0n) is 20.5. The van der Waals surface area contributed by atoms with Crippen LogP contribution in [0.2, 0.25) is 0 Å². The zero-order chi connectivity index (χ0) is 25.4. The first kappa shape index (κ1) is 22.9. The number of nitrogens with one attached hydrogen (secondary N) is 2. The molecule has 37 heavy (non-hydrogen) atoms. The van der Waals surface area contributed by atoms with E-state index in [0.717, 1.165) is 35.4 Å². The van der Waals surface area contributed by atoms with Crippen LogP contribution >= 0.6 is 0 Å². The summed E-state index contributed by atoms with van der Waals surface area (Å²) in [5.74, 6) is 1.34. The van der Waals surface area contributed by atoms with Gasteiger partial charge in [-0.1, -0.05) is 54.6 Å². The Hall–Kier alpha value is -4.52. The van der Waals surface area contributed by atoms with Crippen molar-refractivity contribution in [1.82, 2.24) is 9.78 Å². The number of carbonyl (C=O) groups excluding carboxylic acids is 1. The lowest BCUT2D eigenvalue weighted by Crippen LogP contribution is -2.29. The van der Waals surface area contributed by atoms with Crippen LogP contribution in [-0.2, 0) is 11.4 Å². The number of carbonyl (C=O) groups is 1. The maximum absolute atomic E-state index is 13.8. The summed E-state index contributed by atoms with van der Waals surface area (Å²) in [5.41, 5.74) is 4.46. The smallest absolute Gasteiger partial charge is 0.277 e. The first-order valence-electron chi connectivity index (χ1n) is 12.4. The predicted molar refractivity (Wildman–Crippen MR) is 142 cm³/mol. The van der Waals surface area contributed by atoms with Crippen molar-refractivity contribution in [2.45, 2.75) is 31.8 Å². The average Bonchev–Trinajstić information content (AvgIpc) is 3.27. The lowest BCUT2D eigenvalue weighted by atomic mass is 9.77. The van der Waals surface area contributed by atoms with Crippen molar-refractivity contribution < 1.29 is 14.3 Å². The van der Waals surface area contributed by atoms with Gasteiger partial charge in [-0.3, -0.25) is 14.7 Å². The molecular weight excluding hydrogens is 466 g/mol. The number of anilines is 1. The molecule has 2 heterocycles. The van der Waals surface area contributed by atoms with Crippen molar-refractivity contribution in [3.05, 3.63) is 117 Å². The second kappa shape index (κ2) is 9.50. The molecule has 2 N–H and O–H groups in total.